The average Bonchev–Trinajstić information content (AvgIpc) is 2.74. The van der Waals surface area contributed by atoms with Crippen LogP contribution in [0.3, 0.4) is 0 Å². The van der Waals surface area contributed by atoms with Crippen molar-refractivity contribution in [3.8, 4) is 5.75 Å². The molecule has 1 saturated heterocycles. The predicted molar refractivity (Wildman–Crippen MR) is 59.4 cm³/mol. The van der Waals surface area contributed by atoms with Crippen LogP contribution >= 0.6 is 11.6 Å². The summed E-state index contributed by atoms with van der Waals surface area (Å²) in [4.78, 5) is 0. The molecule has 1 aliphatic rings. The van der Waals surface area contributed by atoms with E-state index < -0.39 is 0 Å². The highest BCUT2D eigenvalue weighted by molar-refractivity contribution is 6.32. The van der Waals surface area contributed by atoms with E-state index in [1.165, 1.54) is 0 Å². The number of halogens is 1. The monoisotopic (exact) mass is 227 g/mol. The quantitative estimate of drug-likeness (QED) is 0.841. The fourth-order valence-electron chi connectivity index (χ4n) is 1.78. The second kappa shape index (κ2) is 4.39. The Labute approximate surface area is 94.3 Å². The lowest BCUT2D eigenvalue weighted by Crippen LogP contribution is -2.09. The van der Waals surface area contributed by atoms with Gasteiger partial charge in [0.15, 0.2) is 0 Å². The molecule has 15 heavy (non-hydrogen) atoms. The third-order valence-corrected chi connectivity index (χ3v) is 2.90. The molecule has 0 aliphatic carbocycles. The van der Waals surface area contributed by atoms with Crippen molar-refractivity contribution in [2.45, 2.75) is 13.0 Å². The normalized spacial score (nSPS) is 20.6. The minimum absolute atomic E-state index is 0.105. The third-order valence-electron chi connectivity index (χ3n) is 2.60. The number of aryl methyl sites for hydroxylation is 1. The van der Waals surface area contributed by atoms with Gasteiger partial charge in [0.25, 0.3) is 0 Å². The number of methoxy groups -OCH3 is 1. The molecule has 3 nitrogen and oxygen atoms in total. The molecule has 0 aromatic heterocycles. The van der Waals surface area contributed by atoms with Crippen LogP contribution in [0.25, 0.3) is 0 Å². The number of nitrogens with one attached hydrogen (secondary N) is 1. The summed E-state index contributed by atoms with van der Waals surface area (Å²) in [6, 6.07) is 3.87. The van der Waals surface area contributed by atoms with E-state index in [-0.39, 0.29) is 6.10 Å². The van der Waals surface area contributed by atoms with E-state index in [0.29, 0.717) is 17.5 Å². The maximum atomic E-state index is 6.08. The van der Waals surface area contributed by atoms with Crippen molar-refractivity contribution < 1.29 is 9.47 Å². The number of rotatable bonds is 2. The van der Waals surface area contributed by atoms with Gasteiger partial charge < -0.3 is 9.47 Å². The van der Waals surface area contributed by atoms with Crippen molar-refractivity contribution in [1.82, 2.24) is 5.32 Å². The van der Waals surface area contributed by atoms with Crippen LogP contribution in [0.15, 0.2) is 12.1 Å². The SMILES string of the molecule is COc1cc(C)c(C2CNCO2)cc1Cl. The largest absolute Gasteiger partial charge is 0.495 e. The Morgan fingerprint density at radius 3 is 2.93 bits per heavy atom. The summed E-state index contributed by atoms with van der Waals surface area (Å²) in [5.74, 6) is 0.712. The molecule has 1 N–H and O–H groups in total. The average molecular weight is 228 g/mol. The Morgan fingerprint density at radius 1 is 1.53 bits per heavy atom. The first-order chi connectivity index (χ1) is 7.22. The van der Waals surface area contributed by atoms with Crippen LogP contribution in [0.5, 0.6) is 5.75 Å². The van der Waals surface area contributed by atoms with Crippen LogP contribution in [0, 0.1) is 6.92 Å². The molecule has 1 aromatic carbocycles. The molecule has 0 saturated carbocycles. The van der Waals surface area contributed by atoms with Crippen LogP contribution in [0.2, 0.25) is 5.02 Å². The fraction of sp³-hybridized carbons (Fsp3) is 0.455. The number of hydrogen-bond donors (Lipinski definition) is 1. The molecule has 1 aliphatic heterocycles. The van der Waals surface area contributed by atoms with Crippen molar-refractivity contribution in [3.63, 3.8) is 0 Å². The van der Waals surface area contributed by atoms with Crippen LogP contribution in [0.4, 0.5) is 0 Å². The summed E-state index contributed by atoms with van der Waals surface area (Å²) in [5, 5.41) is 3.78. The standard InChI is InChI=1S/C11H14ClNO2/c1-7-3-10(14-2)9(12)4-8(7)11-5-13-6-15-11/h3-4,11,13H,5-6H2,1-2H3. The maximum Gasteiger partial charge on any atom is 0.137 e. The number of ether oxygens (including phenoxy) is 2. The summed E-state index contributed by atoms with van der Waals surface area (Å²) >= 11 is 6.08. The molecule has 0 spiro atoms. The molecule has 0 bridgehead atoms. The Kier molecular flexibility index (Phi) is 3.14. The van der Waals surface area contributed by atoms with E-state index >= 15 is 0 Å². The van der Waals surface area contributed by atoms with Gasteiger partial charge in [-0.3, -0.25) is 5.32 Å². The van der Waals surface area contributed by atoms with Gasteiger partial charge in [-0.25, -0.2) is 0 Å². The summed E-state index contributed by atoms with van der Waals surface area (Å²) < 4.78 is 10.7. The Bertz CT molecular complexity index is 362. The first kappa shape index (κ1) is 10.7. The van der Waals surface area contributed by atoms with Gasteiger partial charge >= 0.3 is 0 Å². The molecule has 1 fully saturated rings. The lowest BCUT2D eigenvalue weighted by Gasteiger charge is -2.14. The van der Waals surface area contributed by atoms with Gasteiger partial charge in [0.1, 0.15) is 5.75 Å². The van der Waals surface area contributed by atoms with E-state index in [0.717, 1.165) is 17.7 Å². The topological polar surface area (TPSA) is 30.5 Å². The predicted octanol–water partition coefficient (Wildman–Crippen LogP) is 2.28. The van der Waals surface area contributed by atoms with Crippen molar-refractivity contribution in [2.75, 3.05) is 20.4 Å². The van der Waals surface area contributed by atoms with Gasteiger partial charge in [-0.05, 0) is 30.2 Å². The van der Waals surface area contributed by atoms with Crippen LogP contribution < -0.4 is 10.1 Å². The third kappa shape index (κ3) is 2.09. The van der Waals surface area contributed by atoms with Crippen molar-refractivity contribution >= 4 is 11.6 Å². The molecular formula is C11H14ClNO2. The number of hydrogen-bond acceptors (Lipinski definition) is 3. The second-order valence-corrected chi connectivity index (χ2v) is 4.00. The lowest BCUT2D eigenvalue weighted by atomic mass is 10.0. The number of benzene rings is 1. The van der Waals surface area contributed by atoms with E-state index in [9.17, 15) is 0 Å². The van der Waals surface area contributed by atoms with Crippen molar-refractivity contribution in [1.29, 1.82) is 0 Å². The maximum absolute atomic E-state index is 6.08. The molecule has 1 heterocycles. The summed E-state index contributed by atoms with van der Waals surface area (Å²) in [6.45, 7) is 3.48. The Balaban J connectivity index is 2.35. The minimum Gasteiger partial charge on any atom is -0.495 e. The zero-order valence-corrected chi connectivity index (χ0v) is 9.60. The molecule has 0 radical (unpaired) electrons. The zero-order chi connectivity index (χ0) is 10.8. The molecule has 1 aromatic rings. The van der Waals surface area contributed by atoms with Crippen molar-refractivity contribution in [3.05, 3.63) is 28.3 Å². The molecule has 0 amide bonds. The van der Waals surface area contributed by atoms with E-state index in [4.69, 9.17) is 21.1 Å². The summed E-state index contributed by atoms with van der Waals surface area (Å²) in [7, 11) is 1.62. The molecule has 2 rings (SSSR count). The van der Waals surface area contributed by atoms with Gasteiger partial charge in [0.2, 0.25) is 0 Å². The Hall–Kier alpha value is -0.770. The smallest absolute Gasteiger partial charge is 0.137 e. The lowest BCUT2D eigenvalue weighted by molar-refractivity contribution is 0.114. The molecule has 82 valence electrons. The van der Waals surface area contributed by atoms with E-state index in [1.807, 2.05) is 19.1 Å². The molecule has 1 atom stereocenters. The van der Waals surface area contributed by atoms with Crippen LogP contribution in [-0.4, -0.2) is 20.4 Å². The summed E-state index contributed by atoms with van der Waals surface area (Å²) in [6.07, 6.45) is 0.105. The van der Waals surface area contributed by atoms with Crippen LogP contribution in [0.1, 0.15) is 17.2 Å². The van der Waals surface area contributed by atoms with Gasteiger partial charge in [0.05, 0.1) is 25.0 Å². The minimum atomic E-state index is 0.105. The van der Waals surface area contributed by atoms with Gasteiger partial charge in [0, 0.05) is 6.54 Å². The van der Waals surface area contributed by atoms with Gasteiger partial charge in [-0.2, -0.15) is 0 Å². The first-order valence-electron chi connectivity index (χ1n) is 4.88. The molecule has 4 heteroatoms. The highest BCUT2D eigenvalue weighted by Crippen LogP contribution is 2.32. The summed E-state index contributed by atoms with van der Waals surface area (Å²) in [5.41, 5.74) is 2.27. The van der Waals surface area contributed by atoms with Gasteiger partial charge in [-0.15, -0.1) is 0 Å². The van der Waals surface area contributed by atoms with E-state index in [1.54, 1.807) is 7.11 Å². The zero-order valence-electron chi connectivity index (χ0n) is 8.84. The van der Waals surface area contributed by atoms with E-state index in [2.05, 4.69) is 5.32 Å². The molecule has 1 unspecified atom stereocenters. The van der Waals surface area contributed by atoms with Crippen molar-refractivity contribution in [2.24, 2.45) is 0 Å². The highest BCUT2D eigenvalue weighted by Gasteiger charge is 2.20. The fourth-order valence-corrected chi connectivity index (χ4v) is 2.03. The second-order valence-electron chi connectivity index (χ2n) is 3.60. The highest BCUT2D eigenvalue weighted by atomic mass is 35.5. The van der Waals surface area contributed by atoms with Crippen LogP contribution in [-0.2, 0) is 4.74 Å². The molecular weight excluding hydrogens is 214 g/mol. The Morgan fingerprint density at radius 2 is 2.33 bits per heavy atom. The first-order valence-corrected chi connectivity index (χ1v) is 5.26. The van der Waals surface area contributed by atoms with Gasteiger partial charge in [-0.1, -0.05) is 11.6 Å².